The number of carbonyl (C=O) groups is 10. The highest BCUT2D eigenvalue weighted by molar-refractivity contribution is 6.07. The molecule has 0 spiro atoms. The number of amides is 10. The first-order valence-corrected chi connectivity index (χ1v) is 41.5. The molecule has 22 heteroatoms. The molecule has 21 nitrogen and oxygen atoms in total. The molecule has 0 aromatic heterocycles. The monoisotopic (exact) mass is 1590 g/mol. The van der Waals surface area contributed by atoms with Crippen LogP contribution in [0.15, 0.2) is 47.3 Å². The Balaban J connectivity index is 0.00000151. The average Bonchev–Trinajstić information content (AvgIpc) is 1.69. The van der Waals surface area contributed by atoms with Crippen LogP contribution in [0.4, 0.5) is 4.39 Å². The van der Waals surface area contributed by atoms with Gasteiger partial charge in [-0.1, -0.05) is 106 Å². The number of rotatable bonds is 52. The van der Waals surface area contributed by atoms with Gasteiger partial charge in [-0.3, -0.25) is 71.9 Å². The van der Waals surface area contributed by atoms with E-state index >= 15 is 0 Å². The minimum atomic E-state index is -1.00. The van der Waals surface area contributed by atoms with Crippen molar-refractivity contribution in [2.45, 2.75) is 310 Å². The third-order valence-corrected chi connectivity index (χ3v) is 20.7. The number of unbranched alkanes of at least 4 members (excludes halogenated alkanes) is 17. The first kappa shape index (κ1) is 103. The Morgan fingerprint density at radius 2 is 0.596 bits per heavy atom. The van der Waals surface area contributed by atoms with Crippen molar-refractivity contribution in [3.63, 3.8) is 0 Å². The summed E-state index contributed by atoms with van der Waals surface area (Å²) in [5, 5.41) is 5.96. The van der Waals surface area contributed by atoms with Gasteiger partial charge in [-0.25, -0.2) is 0 Å². The molecule has 114 heavy (non-hydrogen) atoms. The predicted octanol–water partition coefficient (Wildman–Crippen LogP) is 14.9. The summed E-state index contributed by atoms with van der Waals surface area (Å²) in [6.07, 6.45) is 67.7. The van der Waals surface area contributed by atoms with Gasteiger partial charge in [-0.15, -0.1) is 74.1 Å². The zero-order valence-corrected chi connectivity index (χ0v) is 71.0. The Labute approximate surface area is 686 Å². The molecule has 4 heterocycles. The molecule has 0 saturated carbocycles. The van der Waals surface area contributed by atoms with E-state index in [4.69, 9.17) is 64.6 Å². The number of carbonyl (C=O) groups excluding carboxylic acids is 10. The molecule has 0 bridgehead atoms. The SMILES string of the molecule is C#CCCCC[C@@H](C)C(=O)NCCCC[C@H]1C(OC)=CC(=O)N1C(=O)[C@@H](C)CCCCC#C.C#CCCCC[C@H](C)C(=O)N1C(=O)C=C(OC)[C@@H]1CCCCC.C#CCCCC[C@H](C)C(=O)N1C(=O)C=C(OC)[C@@H]1CCCCN.C#CCCCC[C@H](C)C(=O)NCCCC[C@H]1C(OC)=CC(=O)N1C(=O)[C@@H](C)CCCCC#C.[2H]CF. The summed E-state index contributed by atoms with van der Waals surface area (Å²) in [4.78, 5) is 131. The molecule has 10 atom stereocenters. The number of hydrogen-bond donors (Lipinski definition) is 3. The number of halogens is 1. The highest BCUT2D eigenvalue weighted by Gasteiger charge is 2.43. The number of imide groups is 4. The standard InChI is InChI=1S/2C27H40N2O4.C19H29NO3.C18H28N2O3.CH3F/c2*1-6-8-10-12-16-21(3)26(31)28-19-15-14-18-23-24(33-5)20-25(30)29(23)27(32)22(4)17-13-11-9-7-2;1-5-7-9-11-12-15(3)19(22)20-16(13-10-8-6-2)17(23-4)14-18(20)21;1-4-5-6-7-10-14(2)18(22)20-15(11-8-9-12-19)16(23-3)13-17(20)21;1-2/h2*1-2,20-23H,8-19H2,3-5H3,(H,28,31);1,14-16H,6-13H2,2-4H3;1,13-15H,5-12,19H2,2-3H3;1H3/t21-,22+,23+;21-,22-,23-;15-,16-;14-,15-;/m1000./s1/i;;;;1D. The molecule has 4 aliphatic rings. The van der Waals surface area contributed by atoms with E-state index < -0.39 is 7.15 Å². The maximum absolute atomic E-state index is 13.0. The second-order valence-electron chi connectivity index (χ2n) is 29.7. The molecule has 0 unspecified atom stereocenters. The number of ether oxygens (including phenoxy) is 4. The van der Waals surface area contributed by atoms with Gasteiger partial charge in [0.1, 0.15) is 23.0 Å². The van der Waals surface area contributed by atoms with Crippen molar-refractivity contribution in [2.75, 3.05) is 55.2 Å². The third kappa shape index (κ3) is 39.3. The molecular formula is C92H140FN7O14. The zero-order chi connectivity index (χ0) is 86.5. The van der Waals surface area contributed by atoms with E-state index in [0.717, 1.165) is 193 Å². The normalized spacial score (nSPS) is 17.5. The van der Waals surface area contributed by atoms with Crippen LogP contribution < -0.4 is 16.4 Å². The lowest BCUT2D eigenvalue weighted by Gasteiger charge is -2.27. The summed E-state index contributed by atoms with van der Waals surface area (Å²) < 4.78 is 36.9. The molecule has 0 aliphatic carbocycles. The number of nitrogens with zero attached hydrogens (tertiary/aromatic N) is 4. The summed E-state index contributed by atoms with van der Waals surface area (Å²) in [6.45, 7) is 15.2. The van der Waals surface area contributed by atoms with Crippen LogP contribution in [-0.2, 0) is 66.9 Å². The molecule has 0 fully saturated rings. The highest BCUT2D eigenvalue weighted by Crippen LogP contribution is 2.33. The third-order valence-electron chi connectivity index (χ3n) is 20.7. The number of nitrogens with one attached hydrogen (secondary N) is 2. The molecule has 4 rings (SSSR count). The fraction of sp³-hybridized carbons (Fsp3) is 0.674. The van der Waals surface area contributed by atoms with Crippen molar-refractivity contribution < 1.29 is 72.7 Å². The topological polar surface area (TPSA) is 271 Å². The Morgan fingerprint density at radius 1 is 0.386 bits per heavy atom. The van der Waals surface area contributed by atoms with Gasteiger partial charge >= 0.3 is 0 Å². The molecule has 0 aromatic carbocycles. The zero-order valence-electron chi connectivity index (χ0n) is 72.0. The number of nitrogens with two attached hydrogens (primary N) is 1. The summed E-state index contributed by atoms with van der Waals surface area (Å²) >= 11 is 0. The van der Waals surface area contributed by atoms with E-state index in [1.807, 2.05) is 41.5 Å². The largest absolute Gasteiger partial charge is 0.499 e. The van der Waals surface area contributed by atoms with E-state index in [1.165, 1.54) is 65.2 Å². The highest BCUT2D eigenvalue weighted by atomic mass is 19.1. The van der Waals surface area contributed by atoms with Gasteiger partial charge in [-0.2, -0.15) is 0 Å². The molecule has 0 aromatic rings. The van der Waals surface area contributed by atoms with Crippen molar-refractivity contribution in [3.05, 3.63) is 47.3 Å². The van der Waals surface area contributed by atoms with Gasteiger partial charge < -0.3 is 35.3 Å². The smallest absolute Gasteiger partial charge is 0.257 e. The van der Waals surface area contributed by atoms with Crippen molar-refractivity contribution in [3.8, 4) is 74.1 Å². The average molecular weight is 1590 g/mol. The maximum Gasteiger partial charge on any atom is 0.257 e. The lowest BCUT2D eigenvalue weighted by Crippen LogP contribution is -2.43. The Morgan fingerprint density at radius 3 is 0.798 bits per heavy atom. The molecule has 0 radical (unpaired) electrons. The second kappa shape index (κ2) is 64.2. The second-order valence-corrected chi connectivity index (χ2v) is 29.7. The van der Waals surface area contributed by atoms with E-state index in [-0.39, 0.29) is 119 Å². The van der Waals surface area contributed by atoms with Gasteiger partial charge in [0.15, 0.2) is 0 Å². The summed E-state index contributed by atoms with van der Waals surface area (Å²) in [5.41, 5.74) is 5.52. The van der Waals surface area contributed by atoms with Crippen molar-refractivity contribution in [1.82, 2.24) is 30.2 Å². The van der Waals surface area contributed by atoms with Crippen LogP contribution in [0, 0.1) is 110 Å². The van der Waals surface area contributed by atoms with Gasteiger partial charge in [0.25, 0.3) is 23.6 Å². The summed E-state index contributed by atoms with van der Waals surface area (Å²) in [6, 6.07) is -1.29. The number of methoxy groups -OCH3 is 4. The molecule has 4 aliphatic heterocycles. The summed E-state index contributed by atoms with van der Waals surface area (Å²) in [7, 11) is 5.14. The Bertz CT molecular complexity index is 3150. The minimum Gasteiger partial charge on any atom is -0.499 e. The first-order chi connectivity index (χ1) is 55.3. The van der Waals surface area contributed by atoms with Gasteiger partial charge in [-0.05, 0) is 148 Å². The minimum absolute atomic E-state index is 0.0338. The van der Waals surface area contributed by atoms with Gasteiger partial charge in [0.2, 0.25) is 35.4 Å². The molecule has 10 amide bonds. The fourth-order valence-corrected chi connectivity index (χ4v) is 13.7. The van der Waals surface area contributed by atoms with E-state index in [2.05, 4.69) is 53.1 Å². The van der Waals surface area contributed by atoms with Crippen molar-refractivity contribution >= 4 is 59.1 Å². The number of hydrogen-bond acceptors (Lipinski definition) is 15. The fourth-order valence-electron chi connectivity index (χ4n) is 13.7. The van der Waals surface area contributed by atoms with Crippen LogP contribution in [0.5, 0.6) is 0 Å². The van der Waals surface area contributed by atoms with Crippen LogP contribution in [0.3, 0.4) is 0 Å². The predicted molar refractivity (Wildman–Crippen MR) is 450 cm³/mol. The van der Waals surface area contributed by atoms with Crippen LogP contribution >= 0.6 is 0 Å². The van der Waals surface area contributed by atoms with Crippen molar-refractivity contribution in [1.29, 1.82) is 0 Å². The van der Waals surface area contributed by atoms with Gasteiger partial charge in [0.05, 0.1) is 61.1 Å². The number of terminal acetylenes is 6. The quantitative estimate of drug-likeness (QED) is 0.0377. The maximum atomic E-state index is 13.0. The Hall–Kier alpha value is -9.09. The first-order valence-electron chi connectivity index (χ1n) is 42.2. The van der Waals surface area contributed by atoms with E-state index in [1.54, 1.807) is 7.11 Å². The Kier molecular flexibility index (Phi) is 58.0. The number of alkyl halides is 1. The molecule has 4 N–H and O–H groups in total. The summed E-state index contributed by atoms with van der Waals surface area (Å²) in [5.74, 6) is 15.3. The van der Waals surface area contributed by atoms with Crippen LogP contribution in [0.25, 0.3) is 0 Å². The van der Waals surface area contributed by atoms with Crippen LogP contribution in [0.2, 0.25) is 0 Å². The van der Waals surface area contributed by atoms with Crippen LogP contribution in [0.1, 0.15) is 287 Å². The van der Waals surface area contributed by atoms with Gasteiger partial charge in [0, 0.05) is 111 Å². The van der Waals surface area contributed by atoms with E-state index in [0.29, 0.717) is 87.6 Å². The lowest BCUT2D eigenvalue weighted by atomic mass is 10.00. The van der Waals surface area contributed by atoms with Crippen LogP contribution in [-0.4, -0.2) is 158 Å². The molecule has 0 saturated heterocycles. The van der Waals surface area contributed by atoms with E-state index in [9.17, 15) is 52.3 Å². The molecular weight excluding hydrogens is 1450 g/mol. The van der Waals surface area contributed by atoms with Crippen molar-refractivity contribution in [2.24, 2.45) is 41.2 Å². The molecule has 634 valence electrons. The lowest BCUT2D eigenvalue weighted by molar-refractivity contribution is -0.147.